The van der Waals surface area contributed by atoms with Crippen LogP contribution in [0.1, 0.15) is 40.8 Å². The Kier molecular flexibility index (Phi) is 6.29. The molecule has 3 heterocycles. The van der Waals surface area contributed by atoms with Crippen molar-refractivity contribution in [2.24, 2.45) is 7.05 Å². The van der Waals surface area contributed by atoms with Gasteiger partial charge in [0, 0.05) is 31.4 Å². The minimum atomic E-state index is 0.125. The number of aryl methyl sites for hydroxylation is 1. The van der Waals surface area contributed by atoms with Gasteiger partial charge in [0.05, 0.1) is 12.1 Å². The number of thiazole rings is 1. The topological polar surface area (TPSA) is 76.0 Å². The SMILES string of the molecule is Cc1ccc(OCc2nc(CC(=O)N3CCC(c4n[nH]c(=S)n4C)CC3)cs2)cc1. The summed E-state index contributed by atoms with van der Waals surface area (Å²) in [6.07, 6.45) is 2.12. The Morgan fingerprint density at radius 1 is 1.30 bits per heavy atom. The first-order valence-corrected chi connectivity index (χ1v) is 11.3. The first-order chi connectivity index (χ1) is 14.5. The first-order valence-electron chi connectivity index (χ1n) is 10.0. The van der Waals surface area contributed by atoms with Gasteiger partial charge in [0.1, 0.15) is 23.2 Å². The molecule has 1 fully saturated rings. The van der Waals surface area contributed by atoms with Crippen LogP contribution in [0.3, 0.4) is 0 Å². The van der Waals surface area contributed by atoms with Crippen LogP contribution in [0.15, 0.2) is 29.6 Å². The minimum Gasteiger partial charge on any atom is -0.486 e. The Labute approximate surface area is 184 Å². The molecule has 30 heavy (non-hydrogen) atoms. The summed E-state index contributed by atoms with van der Waals surface area (Å²) in [7, 11) is 1.93. The predicted molar refractivity (Wildman–Crippen MR) is 118 cm³/mol. The maximum absolute atomic E-state index is 12.7. The van der Waals surface area contributed by atoms with Crippen LogP contribution in [-0.4, -0.2) is 43.6 Å². The van der Waals surface area contributed by atoms with E-state index in [2.05, 4.69) is 15.2 Å². The number of nitrogens with zero attached hydrogens (tertiary/aromatic N) is 4. The number of ether oxygens (including phenoxy) is 1. The molecule has 9 heteroatoms. The highest BCUT2D eigenvalue weighted by molar-refractivity contribution is 7.71. The second-order valence-corrected chi connectivity index (χ2v) is 8.94. The van der Waals surface area contributed by atoms with Crippen molar-refractivity contribution < 1.29 is 9.53 Å². The smallest absolute Gasteiger partial charge is 0.228 e. The number of amides is 1. The van der Waals surface area contributed by atoms with Gasteiger partial charge in [-0.1, -0.05) is 17.7 Å². The summed E-state index contributed by atoms with van der Waals surface area (Å²) < 4.78 is 8.34. The van der Waals surface area contributed by atoms with Gasteiger partial charge in [-0.2, -0.15) is 5.10 Å². The summed E-state index contributed by atoms with van der Waals surface area (Å²) in [6.45, 7) is 3.93. The molecular weight excluding hydrogens is 418 g/mol. The molecule has 0 aliphatic carbocycles. The van der Waals surface area contributed by atoms with Gasteiger partial charge in [0.15, 0.2) is 4.77 Å². The number of rotatable bonds is 6. The highest BCUT2D eigenvalue weighted by atomic mass is 32.1. The molecule has 7 nitrogen and oxygen atoms in total. The standard InChI is InChI=1S/C21H25N5O2S2/c1-14-3-5-17(6-4-14)28-12-18-22-16(13-30-18)11-19(27)26-9-7-15(8-10-26)20-23-24-21(29)25(20)2/h3-6,13,15H,7-12H2,1-2H3,(H,24,29). The number of piperidine rings is 1. The molecule has 158 valence electrons. The fraction of sp³-hybridized carbons (Fsp3) is 0.429. The van der Waals surface area contributed by atoms with E-state index >= 15 is 0 Å². The summed E-state index contributed by atoms with van der Waals surface area (Å²) >= 11 is 6.73. The zero-order valence-corrected chi connectivity index (χ0v) is 18.8. The molecule has 1 aromatic carbocycles. The van der Waals surface area contributed by atoms with Crippen LogP contribution in [0.2, 0.25) is 0 Å². The van der Waals surface area contributed by atoms with Crippen molar-refractivity contribution in [1.82, 2.24) is 24.6 Å². The minimum absolute atomic E-state index is 0.125. The molecule has 2 aromatic heterocycles. The van der Waals surface area contributed by atoms with E-state index in [0.29, 0.717) is 23.7 Å². The summed E-state index contributed by atoms with van der Waals surface area (Å²) in [6, 6.07) is 7.95. The average Bonchev–Trinajstić information content (AvgIpc) is 3.34. The lowest BCUT2D eigenvalue weighted by molar-refractivity contribution is -0.131. The molecule has 4 rings (SSSR count). The molecule has 0 atom stereocenters. The molecule has 0 saturated carbocycles. The monoisotopic (exact) mass is 443 g/mol. The Bertz CT molecular complexity index is 1060. The van der Waals surface area contributed by atoms with Crippen LogP contribution in [0.5, 0.6) is 5.75 Å². The Morgan fingerprint density at radius 2 is 2.03 bits per heavy atom. The van der Waals surface area contributed by atoms with E-state index in [9.17, 15) is 4.79 Å². The van der Waals surface area contributed by atoms with Crippen molar-refractivity contribution in [3.8, 4) is 5.75 Å². The molecule has 0 radical (unpaired) electrons. The lowest BCUT2D eigenvalue weighted by atomic mass is 9.95. The van der Waals surface area contributed by atoms with Crippen molar-refractivity contribution in [1.29, 1.82) is 0 Å². The largest absolute Gasteiger partial charge is 0.486 e. The summed E-state index contributed by atoms with van der Waals surface area (Å²) in [4.78, 5) is 19.2. The second-order valence-electron chi connectivity index (χ2n) is 7.61. The molecule has 1 N–H and O–H groups in total. The molecule has 3 aromatic rings. The highest BCUT2D eigenvalue weighted by Crippen LogP contribution is 2.27. The number of benzene rings is 1. The Balaban J connectivity index is 1.27. The summed E-state index contributed by atoms with van der Waals surface area (Å²) in [5.41, 5.74) is 2.01. The van der Waals surface area contributed by atoms with E-state index in [1.54, 1.807) is 0 Å². The van der Waals surface area contributed by atoms with Crippen molar-refractivity contribution in [3.63, 3.8) is 0 Å². The van der Waals surface area contributed by atoms with Gasteiger partial charge in [-0.25, -0.2) is 4.98 Å². The lowest BCUT2D eigenvalue weighted by Gasteiger charge is -2.31. The zero-order chi connectivity index (χ0) is 21.1. The van der Waals surface area contributed by atoms with Crippen LogP contribution < -0.4 is 4.74 Å². The Morgan fingerprint density at radius 3 is 2.70 bits per heavy atom. The van der Waals surface area contributed by atoms with Crippen LogP contribution in [-0.2, 0) is 24.9 Å². The van der Waals surface area contributed by atoms with Gasteiger partial charge < -0.3 is 14.2 Å². The van der Waals surface area contributed by atoms with Crippen molar-refractivity contribution >= 4 is 29.5 Å². The van der Waals surface area contributed by atoms with E-state index in [1.165, 1.54) is 16.9 Å². The van der Waals surface area contributed by atoms with E-state index in [0.717, 1.165) is 48.2 Å². The molecule has 0 unspecified atom stereocenters. The van der Waals surface area contributed by atoms with E-state index in [4.69, 9.17) is 17.0 Å². The number of aromatic nitrogens is 4. The molecule has 0 bridgehead atoms. The number of likely N-dealkylation sites (tertiary alicyclic amines) is 1. The lowest BCUT2D eigenvalue weighted by Crippen LogP contribution is -2.39. The van der Waals surface area contributed by atoms with Gasteiger partial charge in [-0.15, -0.1) is 11.3 Å². The number of carbonyl (C=O) groups excluding carboxylic acids is 1. The van der Waals surface area contributed by atoms with E-state index in [-0.39, 0.29) is 5.91 Å². The third kappa shape index (κ3) is 4.79. The number of nitrogens with one attached hydrogen (secondary N) is 1. The number of carbonyl (C=O) groups is 1. The summed E-state index contributed by atoms with van der Waals surface area (Å²) in [5.74, 6) is 2.26. The van der Waals surface area contributed by atoms with Crippen LogP contribution in [0.25, 0.3) is 0 Å². The average molecular weight is 444 g/mol. The van der Waals surface area contributed by atoms with Gasteiger partial charge in [-0.05, 0) is 44.1 Å². The van der Waals surface area contributed by atoms with E-state index in [1.807, 2.05) is 53.1 Å². The quantitative estimate of drug-likeness (QED) is 0.587. The molecule has 1 amide bonds. The fourth-order valence-electron chi connectivity index (χ4n) is 3.65. The molecule has 1 aliphatic rings. The predicted octanol–water partition coefficient (Wildman–Crippen LogP) is 3.77. The first kappa shape index (κ1) is 20.7. The van der Waals surface area contributed by atoms with Crippen LogP contribution in [0.4, 0.5) is 0 Å². The third-order valence-corrected chi connectivity index (χ3v) is 6.68. The molecule has 1 aliphatic heterocycles. The second kappa shape index (κ2) is 9.09. The van der Waals surface area contributed by atoms with Crippen molar-refractivity contribution in [3.05, 3.63) is 56.5 Å². The normalized spacial score (nSPS) is 14.8. The zero-order valence-electron chi connectivity index (χ0n) is 17.1. The van der Waals surface area contributed by atoms with Gasteiger partial charge in [0.2, 0.25) is 5.91 Å². The number of hydrogen-bond donors (Lipinski definition) is 1. The van der Waals surface area contributed by atoms with Crippen molar-refractivity contribution in [2.45, 2.75) is 38.7 Å². The molecule has 1 saturated heterocycles. The molecule has 0 spiro atoms. The maximum atomic E-state index is 12.7. The van der Waals surface area contributed by atoms with E-state index < -0.39 is 0 Å². The number of hydrogen-bond acceptors (Lipinski definition) is 6. The van der Waals surface area contributed by atoms with Gasteiger partial charge in [-0.3, -0.25) is 9.89 Å². The van der Waals surface area contributed by atoms with Crippen LogP contribution in [0, 0.1) is 11.7 Å². The fourth-order valence-corrected chi connectivity index (χ4v) is 4.50. The summed E-state index contributed by atoms with van der Waals surface area (Å²) in [5, 5.41) is 10.0. The van der Waals surface area contributed by atoms with Crippen molar-refractivity contribution in [2.75, 3.05) is 13.1 Å². The number of H-pyrrole nitrogens is 1. The molecular formula is C21H25N5O2S2. The third-order valence-electron chi connectivity index (χ3n) is 5.44. The maximum Gasteiger partial charge on any atom is 0.228 e. The van der Waals surface area contributed by atoms with Gasteiger partial charge in [0.25, 0.3) is 0 Å². The van der Waals surface area contributed by atoms with Crippen LogP contribution >= 0.6 is 23.6 Å². The highest BCUT2D eigenvalue weighted by Gasteiger charge is 2.26. The number of aromatic amines is 1. The van der Waals surface area contributed by atoms with Gasteiger partial charge >= 0.3 is 0 Å². The Hall–Kier alpha value is -2.52.